The van der Waals surface area contributed by atoms with Crippen LogP contribution in [0.25, 0.3) is 0 Å². The highest BCUT2D eigenvalue weighted by atomic mass is 16.5. The van der Waals surface area contributed by atoms with E-state index in [0.29, 0.717) is 6.10 Å². The molecule has 1 heteroatoms. The monoisotopic (exact) mass is 140 g/mol. The minimum atomic E-state index is 0.642. The van der Waals surface area contributed by atoms with E-state index in [-0.39, 0.29) is 0 Å². The van der Waals surface area contributed by atoms with Crippen molar-refractivity contribution in [2.75, 3.05) is 6.61 Å². The largest absolute Gasteiger partial charge is 0.378 e. The van der Waals surface area contributed by atoms with Crippen LogP contribution in [0.4, 0.5) is 0 Å². The molecular weight excluding hydrogens is 124 g/mol. The summed E-state index contributed by atoms with van der Waals surface area (Å²) in [4.78, 5) is 0. The van der Waals surface area contributed by atoms with Crippen LogP contribution in [0.15, 0.2) is 0 Å². The summed E-state index contributed by atoms with van der Waals surface area (Å²) in [6.45, 7) is 3.36. The average molecular weight is 140 g/mol. The van der Waals surface area contributed by atoms with Gasteiger partial charge in [-0.3, -0.25) is 0 Å². The van der Waals surface area contributed by atoms with Crippen molar-refractivity contribution in [1.29, 1.82) is 0 Å². The zero-order valence-corrected chi connectivity index (χ0v) is 6.68. The predicted molar refractivity (Wildman–Crippen MR) is 40.9 cm³/mol. The van der Waals surface area contributed by atoms with Gasteiger partial charge in [0.25, 0.3) is 0 Å². The van der Waals surface area contributed by atoms with Gasteiger partial charge in [0.15, 0.2) is 0 Å². The second-order valence-electron chi connectivity index (χ2n) is 3.78. The summed E-state index contributed by atoms with van der Waals surface area (Å²) >= 11 is 0. The Morgan fingerprint density at radius 2 is 2.10 bits per heavy atom. The molecule has 0 radical (unpaired) electrons. The fraction of sp³-hybridized carbons (Fsp3) is 1.00. The predicted octanol–water partition coefficient (Wildman–Crippen LogP) is 2.21. The van der Waals surface area contributed by atoms with Gasteiger partial charge in [0.2, 0.25) is 0 Å². The first-order valence-electron chi connectivity index (χ1n) is 4.49. The van der Waals surface area contributed by atoms with Crippen LogP contribution < -0.4 is 0 Å². The fourth-order valence-corrected chi connectivity index (χ4v) is 1.97. The van der Waals surface area contributed by atoms with Crippen molar-refractivity contribution in [1.82, 2.24) is 0 Å². The lowest BCUT2D eigenvalue weighted by Gasteiger charge is -2.22. The molecular formula is C9H16O. The third-order valence-electron chi connectivity index (χ3n) is 2.86. The summed E-state index contributed by atoms with van der Waals surface area (Å²) in [5.74, 6) is 1.89. The molecule has 1 aliphatic carbocycles. The highest BCUT2D eigenvalue weighted by molar-refractivity contribution is 4.89. The molecule has 1 heterocycles. The maximum Gasteiger partial charge on any atom is 0.0605 e. The minimum absolute atomic E-state index is 0.642. The molecule has 0 spiro atoms. The van der Waals surface area contributed by atoms with Crippen LogP contribution >= 0.6 is 0 Å². The van der Waals surface area contributed by atoms with Crippen LogP contribution in [-0.2, 0) is 4.74 Å². The lowest BCUT2D eigenvalue weighted by Crippen LogP contribution is -2.21. The summed E-state index contributed by atoms with van der Waals surface area (Å²) in [5.41, 5.74) is 0. The molecule has 0 aromatic carbocycles. The first kappa shape index (κ1) is 6.66. The molecule has 3 atom stereocenters. The van der Waals surface area contributed by atoms with Gasteiger partial charge in [-0.05, 0) is 37.5 Å². The van der Waals surface area contributed by atoms with E-state index in [1.54, 1.807) is 0 Å². The van der Waals surface area contributed by atoms with Gasteiger partial charge in [-0.1, -0.05) is 6.92 Å². The smallest absolute Gasteiger partial charge is 0.0605 e. The maximum absolute atomic E-state index is 5.67. The topological polar surface area (TPSA) is 9.23 Å². The van der Waals surface area contributed by atoms with Crippen LogP contribution in [0.1, 0.15) is 32.6 Å². The second-order valence-corrected chi connectivity index (χ2v) is 3.78. The van der Waals surface area contributed by atoms with E-state index in [2.05, 4.69) is 6.92 Å². The summed E-state index contributed by atoms with van der Waals surface area (Å²) in [6.07, 6.45) is 6.08. The van der Waals surface area contributed by atoms with Gasteiger partial charge in [-0.25, -0.2) is 0 Å². The number of hydrogen-bond donors (Lipinski definition) is 0. The fourth-order valence-electron chi connectivity index (χ4n) is 1.97. The van der Waals surface area contributed by atoms with Gasteiger partial charge in [0.05, 0.1) is 6.10 Å². The van der Waals surface area contributed by atoms with Gasteiger partial charge in [0, 0.05) is 6.61 Å². The first-order valence-corrected chi connectivity index (χ1v) is 4.49. The van der Waals surface area contributed by atoms with E-state index in [9.17, 15) is 0 Å². The molecule has 1 saturated carbocycles. The molecule has 2 rings (SSSR count). The third kappa shape index (κ3) is 1.20. The normalized spacial score (nSPS) is 47.1. The summed E-state index contributed by atoms with van der Waals surface area (Å²) in [5, 5.41) is 0. The van der Waals surface area contributed by atoms with Crippen LogP contribution in [0.2, 0.25) is 0 Å². The molecule has 0 amide bonds. The zero-order chi connectivity index (χ0) is 6.97. The molecule has 0 N–H and O–H groups in total. The Hall–Kier alpha value is -0.0400. The molecule has 0 bridgehead atoms. The number of hydrogen-bond acceptors (Lipinski definition) is 1. The third-order valence-corrected chi connectivity index (χ3v) is 2.86. The summed E-state index contributed by atoms with van der Waals surface area (Å²) < 4.78 is 5.67. The SMILES string of the molecule is CC1CC1C1CCCCO1. The van der Waals surface area contributed by atoms with Crippen molar-refractivity contribution < 1.29 is 4.74 Å². The molecule has 3 unspecified atom stereocenters. The Labute approximate surface area is 62.8 Å². The van der Waals surface area contributed by atoms with Crippen molar-refractivity contribution >= 4 is 0 Å². The minimum Gasteiger partial charge on any atom is -0.378 e. The van der Waals surface area contributed by atoms with E-state index in [4.69, 9.17) is 4.74 Å². The van der Waals surface area contributed by atoms with Crippen LogP contribution in [0, 0.1) is 11.8 Å². The Balaban J connectivity index is 1.81. The molecule has 2 aliphatic rings. The van der Waals surface area contributed by atoms with Gasteiger partial charge < -0.3 is 4.74 Å². The van der Waals surface area contributed by atoms with Gasteiger partial charge >= 0.3 is 0 Å². The second kappa shape index (κ2) is 2.54. The van der Waals surface area contributed by atoms with E-state index in [0.717, 1.165) is 18.4 Å². The quantitative estimate of drug-likeness (QED) is 0.542. The van der Waals surface area contributed by atoms with Crippen LogP contribution in [0.3, 0.4) is 0 Å². The Bertz CT molecular complexity index is 116. The molecule has 2 fully saturated rings. The lowest BCUT2D eigenvalue weighted by atomic mass is 10.0. The first-order chi connectivity index (χ1) is 4.88. The molecule has 1 saturated heterocycles. The Morgan fingerprint density at radius 1 is 1.30 bits per heavy atom. The molecule has 58 valence electrons. The number of rotatable bonds is 1. The molecule has 0 aromatic heterocycles. The van der Waals surface area contributed by atoms with Crippen LogP contribution in [-0.4, -0.2) is 12.7 Å². The number of ether oxygens (including phenoxy) is 1. The zero-order valence-electron chi connectivity index (χ0n) is 6.68. The van der Waals surface area contributed by atoms with E-state index in [1.165, 1.54) is 25.7 Å². The van der Waals surface area contributed by atoms with Gasteiger partial charge in [0.1, 0.15) is 0 Å². The standard InChI is InChI=1S/C9H16O/c1-7-6-8(7)9-4-2-3-5-10-9/h7-9H,2-6H2,1H3. The van der Waals surface area contributed by atoms with E-state index >= 15 is 0 Å². The highest BCUT2D eigenvalue weighted by Gasteiger charge is 2.40. The van der Waals surface area contributed by atoms with Crippen molar-refractivity contribution in [3.8, 4) is 0 Å². The van der Waals surface area contributed by atoms with Gasteiger partial charge in [-0.15, -0.1) is 0 Å². The lowest BCUT2D eigenvalue weighted by molar-refractivity contribution is -0.000138. The Morgan fingerprint density at radius 3 is 2.60 bits per heavy atom. The van der Waals surface area contributed by atoms with Crippen molar-refractivity contribution in [2.24, 2.45) is 11.8 Å². The summed E-state index contributed by atoms with van der Waals surface area (Å²) in [6, 6.07) is 0. The average Bonchev–Trinajstić information content (AvgIpc) is 2.69. The maximum atomic E-state index is 5.67. The molecule has 10 heavy (non-hydrogen) atoms. The highest BCUT2D eigenvalue weighted by Crippen LogP contribution is 2.44. The molecule has 1 aliphatic heterocycles. The Kier molecular flexibility index (Phi) is 1.69. The summed E-state index contributed by atoms with van der Waals surface area (Å²) in [7, 11) is 0. The van der Waals surface area contributed by atoms with Crippen molar-refractivity contribution in [2.45, 2.75) is 38.7 Å². The van der Waals surface area contributed by atoms with Crippen molar-refractivity contribution in [3.63, 3.8) is 0 Å². The molecule has 0 aromatic rings. The van der Waals surface area contributed by atoms with E-state index in [1.807, 2.05) is 0 Å². The molecule has 1 nitrogen and oxygen atoms in total. The van der Waals surface area contributed by atoms with E-state index < -0.39 is 0 Å². The van der Waals surface area contributed by atoms with Gasteiger partial charge in [-0.2, -0.15) is 0 Å². The van der Waals surface area contributed by atoms with Crippen LogP contribution in [0.5, 0.6) is 0 Å². The van der Waals surface area contributed by atoms with Crippen molar-refractivity contribution in [3.05, 3.63) is 0 Å².